The molecule has 2 heterocycles. The van der Waals surface area contributed by atoms with Gasteiger partial charge in [-0.15, -0.1) is 35.3 Å². The number of nitrogens with one attached hydrogen (secondary N) is 2. The van der Waals surface area contributed by atoms with Crippen molar-refractivity contribution in [2.45, 2.75) is 33.4 Å². The molecule has 0 spiro atoms. The van der Waals surface area contributed by atoms with E-state index in [0.29, 0.717) is 13.1 Å². The molecule has 0 atom stereocenters. The number of ether oxygens (including phenoxy) is 1. The van der Waals surface area contributed by atoms with Gasteiger partial charge in [0.05, 0.1) is 18.8 Å². The van der Waals surface area contributed by atoms with Crippen LogP contribution < -0.4 is 15.4 Å². The third-order valence-electron chi connectivity index (χ3n) is 3.93. The number of rotatable bonds is 7. The topological polar surface area (TPSA) is 63.0 Å². The lowest BCUT2D eigenvalue weighted by atomic mass is 10.1. The number of thiazole rings is 1. The van der Waals surface area contributed by atoms with Gasteiger partial charge in [0.2, 0.25) is 0 Å². The molecule has 2 N–H and O–H groups in total. The van der Waals surface area contributed by atoms with Crippen molar-refractivity contribution in [2.24, 2.45) is 4.99 Å². The van der Waals surface area contributed by atoms with Crippen LogP contribution in [-0.4, -0.2) is 29.0 Å². The first-order valence-electron chi connectivity index (χ1n) is 8.77. The highest BCUT2D eigenvalue weighted by Gasteiger charge is 2.07. The molecule has 146 valence electrons. The number of guanidine groups is 1. The molecular weight excluding hydrogens is 473 g/mol. The van der Waals surface area contributed by atoms with Crippen LogP contribution in [0.1, 0.15) is 30.2 Å². The molecule has 0 aliphatic rings. The van der Waals surface area contributed by atoms with Crippen molar-refractivity contribution in [1.29, 1.82) is 0 Å². The largest absolute Gasteiger partial charge is 0.493 e. The van der Waals surface area contributed by atoms with Crippen molar-refractivity contribution in [2.75, 3.05) is 13.7 Å². The summed E-state index contributed by atoms with van der Waals surface area (Å²) in [5, 5.41) is 8.68. The van der Waals surface area contributed by atoms with Crippen LogP contribution in [0.3, 0.4) is 0 Å². The van der Waals surface area contributed by atoms with E-state index in [9.17, 15) is 0 Å². The van der Waals surface area contributed by atoms with Gasteiger partial charge in [-0.1, -0.05) is 19.1 Å². The molecule has 6 nitrogen and oxygen atoms in total. The van der Waals surface area contributed by atoms with Gasteiger partial charge in [0, 0.05) is 36.9 Å². The van der Waals surface area contributed by atoms with E-state index in [1.54, 1.807) is 18.4 Å². The van der Waals surface area contributed by atoms with Crippen LogP contribution in [0, 0.1) is 6.92 Å². The Morgan fingerprint density at radius 3 is 2.85 bits per heavy atom. The fourth-order valence-electron chi connectivity index (χ4n) is 2.59. The second-order valence-electron chi connectivity index (χ2n) is 6.06. The van der Waals surface area contributed by atoms with Crippen molar-refractivity contribution in [3.63, 3.8) is 0 Å². The summed E-state index contributed by atoms with van der Waals surface area (Å²) >= 11 is 1.63. The molecule has 0 aliphatic carbocycles. The standard InChI is InChI=1S/C19H25N5OS.HI/c1-4-8-25-17-10-14(2)5-6-15(17)11-21-18(20-3)22-12-16-13-24-7-9-26-19(24)23-16;/h5-7,9-10,13H,4,8,11-12H2,1-3H3,(H2,20,21,22);1H. The van der Waals surface area contributed by atoms with Crippen molar-refractivity contribution in [1.82, 2.24) is 20.0 Å². The first kappa shape index (κ1) is 21.5. The van der Waals surface area contributed by atoms with E-state index < -0.39 is 0 Å². The maximum atomic E-state index is 5.88. The van der Waals surface area contributed by atoms with E-state index in [-0.39, 0.29) is 24.0 Å². The van der Waals surface area contributed by atoms with Gasteiger partial charge in [-0.2, -0.15) is 0 Å². The van der Waals surface area contributed by atoms with E-state index in [2.05, 4.69) is 52.7 Å². The molecule has 0 unspecified atom stereocenters. The summed E-state index contributed by atoms with van der Waals surface area (Å²) in [5.41, 5.74) is 3.30. The third-order valence-corrected chi connectivity index (χ3v) is 4.71. The number of aliphatic imine (C=N–C) groups is 1. The number of hydrogen-bond donors (Lipinski definition) is 2. The number of fused-ring (bicyclic) bond motifs is 1. The molecule has 0 radical (unpaired) electrons. The van der Waals surface area contributed by atoms with Gasteiger partial charge >= 0.3 is 0 Å². The van der Waals surface area contributed by atoms with Crippen LogP contribution in [0.15, 0.2) is 41.0 Å². The van der Waals surface area contributed by atoms with Gasteiger partial charge in [-0.05, 0) is 25.0 Å². The predicted octanol–water partition coefficient (Wildman–Crippen LogP) is 3.98. The maximum absolute atomic E-state index is 5.88. The van der Waals surface area contributed by atoms with Gasteiger partial charge in [-0.25, -0.2) is 4.98 Å². The van der Waals surface area contributed by atoms with Crippen LogP contribution in [0.2, 0.25) is 0 Å². The SMILES string of the molecule is CCCOc1cc(C)ccc1CNC(=NC)NCc1cn2ccsc2n1.I. The smallest absolute Gasteiger partial charge is 0.193 e. The fourth-order valence-corrected chi connectivity index (χ4v) is 3.31. The van der Waals surface area contributed by atoms with Crippen LogP contribution in [0.4, 0.5) is 0 Å². The Kier molecular flexibility index (Phi) is 8.36. The molecule has 0 aliphatic heterocycles. The number of benzene rings is 1. The van der Waals surface area contributed by atoms with Gasteiger partial charge in [-0.3, -0.25) is 9.39 Å². The van der Waals surface area contributed by atoms with E-state index in [0.717, 1.165) is 41.0 Å². The number of hydrogen-bond acceptors (Lipinski definition) is 4. The normalized spacial score (nSPS) is 11.3. The highest BCUT2D eigenvalue weighted by atomic mass is 127. The van der Waals surface area contributed by atoms with E-state index in [1.165, 1.54) is 5.56 Å². The summed E-state index contributed by atoms with van der Waals surface area (Å²) < 4.78 is 7.90. The van der Waals surface area contributed by atoms with E-state index in [1.807, 2.05) is 22.2 Å². The van der Waals surface area contributed by atoms with Crippen LogP contribution in [0.25, 0.3) is 4.96 Å². The Labute approximate surface area is 181 Å². The highest BCUT2D eigenvalue weighted by Crippen LogP contribution is 2.20. The molecule has 27 heavy (non-hydrogen) atoms. The summed E-state index contributed by atoms with van der Waals surface area (Å²) in [7, 11) is 1.77. The van der Waals surface area contributed by atoms with Crippen LogP contribution in [0.5, 0.6) is 5.75 Å². The Bertz CT molecular complexity index is 861. The first-order chi connectivity index (χ1) is 12.7. The Morgan fingerprint density at radius 2 is 2.11 bits per heavy atom. The molecule has 0 saturated carbocycles. The van der Waals surface area contributed by atoms with E-state index >= 15 is 0 Å². The third kappa shape index (κ3) is 5.83. The molecular formula is C19H26IN5OS. The molecule has 1 aromatic carbocycles. The van der Waals surface area contributed by atoms with Crippen molar-refractivity contribution < 1.29 is 4.74 Å². The predicted molar refractivity (Wildman–Crippen MR) is 122 cm³/mol. The second kappa shape index (κ2) is 10.5. The summed E-state index contributed by atoms with van der Waals surface area (Å²) in [4.78, 5) is 9.86. The molecule has 2 aromatic heterocycles. The Morgan fingerprint density at radius 1 is 1.30 bits per heavy atom. The van der Waals surface area contributed by atoms with Gasteiger partial charge in [0.15, 0.2) is 10.9 Å². The lowest BCUT2D eigenvalue weighted by Gasteiger charge is -2.15. The van der Waals surface area contributed by atoms with Crippen molar-refractivity contribution >= 4 is 46.2 Å². The lowest BCUT2D eigenvalue weighted by Crippen LogP contribution is -2.36. The zero-order chi connectivity index (χ0) is 18.4. The highest BCUT2D eigenvalue weighted by molar-refractivity contribution is 14.0. The summed E-state index contributed by atoms with van der Waals surface area (Å²) in [6.45, 7) is 6.19. The molecule has 0 fully saturated rings. The average Bonchev–Trinajstić information content (AvgIpc) is 3.23. The molecule has 0 amide bonds. The molecule has 8 heteroatoms. The first-order valence-corrected chi connectivity index (χ1v) is 9.65. The van der Waals surface area contributed by atoms with Gasteiger partial charge in [0.25, 0.3) is 0 Å². The molecule has 3 aromatic rings. The number of nitrogens with zero attached hydrogens (tertiary/aromatic N) is 3. The monoisotopic (exact) mass is 499 g/mol. The van der Waals surface area contributed by atoms with Crippen LogP contribution >= 0.6 is 35.3 Å². The number of aryl methyl sites for hydroxylation is 1. The summed E-state index contributed by atoms with van der Waals surface area (Å²) in [6, 6.07) is 6.29. The van der Waals surface area contributed by atoms with Gasteiger partial charge < -0.3 is 15.4 Å². The maximum Gasteiger partial charge on any atom is 0.193 e. The molecule has 0 saturated heterocycles. The second-order valence-corrected chi connectivity index (χ2v) is 6.94. The van der Waals surface area contributed by atoms with E-state index in [4.69, 9.17) is 4.74 Å². The minimum Gasteiger partial charge on any atom is -0.493 e. The lowest BCUT2D eigenvalue weighted by molar-refractivity contribution is 0.313. The zero-order valence-corrected chi connectivity index (χ0v) is 19.0. The quantitative estimate of drug-likeness (QED) is 0.294. The number of aromatic nitrogens is 2. The summed E-state index contributed by atoms with van der Waals surface area (Å²) in [5.74, 6) is 1.67. The average molecular weight is 499 g/mol. The Hall–Kier alpha value is -1.81. The minimum absolute atomic E-state index is 0. The van der Waals surface area contributed by atoms with Crippen molar-refractivity contribution in [3.8, 4) is 5.75 Å². The fraction of sp³-hybridized carbons (Fsp3) is 0.368. The summed E-state index contributed by atoms with van der Waals surface area (Å²) in [6.07, 6.45) is 5.04. The Balaban J connectivity index is 0.00000261. The zero-order valence-electron chi connectivity index (χ0n) is 15.9. The van der Waals surface area contributed by atoms with Gasteiger partial charge in [0.1, 0.15) is 5.75 Å². The minimum atomic E-state index is 0. The molecule has 0 bridgehead atoms. The number of halogens is 1. The molecule has 3 rings (SSSR count). The van der Waals surface area contributed by atoms with Crippen LogP contribution in [-0.2, 0) is 13.1 Å². The number of imidazole rings is 1. The van der Waals surface area contributed by atoms with Crippen molar-refractivity contribution in [3.05, 3.63) is 52.8 Å².